The van der Waals surface area contributed by atoms with E-state index in [0.717, 1.165) is 25.9 Å². The molecule has 0 atom stereocenters. The van der Waals surface area contributed by atoms with Crippen molar-refractivity contribution in [3.63, 3.8) is 0 Å². The quantitative estimate of drug-likeness (QED) is 0.507. The normalized spacial score (nSPS) is 15.0. The first kappa shape index (κ1) is 21.2. The Kier molecular flexibility index (Phi) is 6.11. The van der Waals surface area contributed by atoms with Gasteiger partial charge in [-0.25, -0.2) is 4.98 Å². The summed E-state index contributed by atoms with van der Waals surface area (Å²) >= 11 is 3.56. The molecule has 1 aromatic carbocycles. The molecule has 0 spiro atoms. The summed E-state index contributed by atoms with van der Waals surface area (Å²) in [6, 6.07) is 10.6. The Morgan fingerprint density at radius 3 is 2.84 bits per heavy atom. The van der Waals surface area contributed by atoms with Crippen molar-refractivity contribution in [1.29, 1.82) is 5.26 Å². The van der Waals surface area contributed by atoms with Gasteiger partial charge in [0.05, 0.1) is 4.47 Å². The van der Waals surface area contributed by atoms with Crippen LogP contribution < -0.4 is 10.6 Å². The molecule has 160 valence electrons. The van der Waals surface area contributed by atoms with Crippen LogP contribution in [0.2, 0.25) is 0 Å². The average molecular weight is 484 g/mol. The van der Waals surface area contributed by atoms with Crippen molar-refractivity contribution in [3.05, 3.63) is 51.8 Å². The fourth-order valence-corrected chi connectivity index (χ4v) is 4.14. The molecule has 1 aliphatic rings. The fourth-order valence-electron chi connectivity index (χ4n) is 3.64. The van der Waals surface area contributed by atoms with Gasteiger partial charge < -0.3 is 25.1 Å². The van der Waals surface area contributed by atoms with E-state index in [1.54, 1.807) is 30.3 Å². The lowest BCUT2D eigenvalue weighted by Crippen LogP contribution is -2.37. The van der Waals surface area contributed by atoms with E-state index in [9.17, 15) is 15.2 Å². The number of pyridine rings is 1. The van der Waals surface area contributed by atoms with Crippen molar-refractivity contribution >= 4 is 38.6 Å². The molecule has 8 nitrogen and oxygen atoms in total. The predicted molar refractivity (Wildman–Crippen MR) is 120 cm³/mol. The number of rotatable bonds is 5. The fraction of sp³-hybridized carbons (Fsp3) is 0.318. The lowest BCUT2D eigenvalue weighted by molar-refractivity contribution is 0.0946. The van der Waals surface area contributed by atoms with Crippen LogP contribution in [0.4, 0.5) is 5.82 Å². The van der Waals surface area contributed by atoms with Crippen LogP contribution >= 0.6 is 15.9 Å². The average Bonchev–Trinajstić information content (AvgIpc) is 3.21. The molecule has 1 amide bonds. The molecule has 1 fully saturated rings. The van der Waals surface area contributed by atoms with Crippen LogP contribution in [0.3, 0.4) is 0 Å². The number of aromatic nitrogens is 1. The number of amides is 1. The number of nitriles is 1. The van der Waals surface area contributed by atoms with Crippen LogP contribution in [0.15, 0.2) is 39.2 Å². The van der Waals surface area contributed by atoms with Crippen LogP contribution in [0.25, 0.3) is 11.0 Å². The summed E-state index contributed by atoms with van der Waals surface area (Å²) in [6.07, 6.45) is 1.93. The number of nitrogens with zero attached hydrogens (tertiary/aromatic N) is 3. The second kappa shape index (κ2) is 8.96. The summed E-state index contributed by atoms with van der Waals surface area (Å²) in [5.41, 5.74) is 0.920. The number of carbonyl (C=O) groups is 1. The van der Waals surface area contributed by atoms with Crippen LogP contribution in [-0.2, 0) is 6.54 Å². The molecule has 9 heteroatoms. The van der Waals surface area contributed by atoms with E-state index in [1.165, 1.54) is 0 Å². The lowest BCUT2D eigenvalue weighted by Gasteiger charge is -2.30. The number of hydrogen-bond donors (Lipinski definition) is 3. The number of hydrogen-bond acceptors (Lipinski definition) is 7. The Morgan fingerprint density at radius 2 is 2.13 bits per heavy atom. The molecule has 0 radical (unpaired) electrons. The molecule has 2 aromatic heterocycles. The highest BCUT2D eigenvalue weighted by Crippen LogP contribution is 2.35. The van der Waals surface area contributed by atoms with Gasteiger partial charge in [-0.2, -0.15) is 5.26 Å². The molecule has 0 aliphatic carbocycles. The number of piperidine rings is 1. The predicted octanol–water partition coefficient (Wildman–Crippen LogP) is 3.60. The number of likely N-dealkylation sites (tertiary alicyclic amines) is 1. The maximum Gasteiger partial charge on any atom is 0.274 e. The van der Waals surface area contributed by atoms with Crippen LogP contribution in [0, 0.1) is 11.3 Å². The van der Waals surface area contributed by atoms with Gasteiger partial charge in [0.1, 0.15) is 17.6 Å². The first-order valence-electron chi connectivity index (χ1n) is 9.99. The Morgan fingerprint density at radius 1 is 1.39 bits per heavy atom. The number of fused-ring (bicyclic) bond motifs is 1. The Hall–Kier alpha value is -3.09. The van der Waals surface area contributed by atoms with E-state index in [2.05, 4.69) is 43.5 Å². The third kappa shape index (κ3) is 4.50. The van der Waals surface area contributed by atoms with Gasteiger partial charge in [-0.15, -0.1) is 0 Å². The maximum absolute atomic E-state index is 13.0. The molecule has 0 unspecified atom stereocenters. The lowest BCUT2D eigenvalue weighted by atomic mass is 10.1. The van der Waals surface area contributed by atoms with Crippen molar-refractivity contribution in [2.75, 3.05) is 25.5 Å². The van der Waals surface area contributed by atoms with Crippen LogP contribution in [0.1, 0.15) is 34.7 Å². The summed E-state index contributed by atoms with van der Waals surface area (Å²) in [6.45, 7) is 2.10. The number of carbonyl (C=O) groups excluding carboxylic acids is 1. The summed E-state index contributed by atoms with van der Waals surface area (Å²) < 4.78 is 6.24. The molecule has 1 aliphatic heterocycles. The second-order valence-corrected chi connectivity index (χ2v) is 8.41. The van der Waals surface area contributed by atoms with Gasteiger partial charge in [-0.3, -0.25) is 4.79 Å². The number of nitrogens with one attached hydrogen (secondary N) is 2. The number of phenols is 1. The minimum atomic E-state index is -0.453. The summed E-state index contributed by atoms with van der Waals surface area (Å²) in [7, 11) is 2.10. The number of benzene rings is 1. The molecular formula is C22H22BrN5O3. The third-order valence-corrected chi connectivity index (χ3v) is 6.23. The number of halogens is 1. The molecule has 0 saturated carbocycles. The van der Waals surface area contributed by atoms with Gasteiger partial charge in [0.2, 0.25) is 5.76 Å². The van der Waals surface area contributed by atoms with Gasteiger partial charge in [-0.1, -0.05) is 18.2 Å². The zero-order valence-electron chi connectivity index (χ0n) is 17.0. The monoisotopic (exact) mass is 483 g/mol. The van der Waals surface area contributed by atoms with Crippen LogP contribution in [-0.4, -0.2) is 47.1 Å². The van der Waals surface area contributed by atoms with Crippen molar-refractivity contribution in [2.45, 2.75) is 25.4 Å². The highest BCUT2D eigenvalue weighted by molar-refractivity contribution is 9.10. The SMILES string of the molecule is CN1CCC(Nc2nc(C(=O)NCc3ccccc3O)c3oc(C#N)cc3c2Br)CC1. The number of phenolic OH excluding ortho intramolecular Hbond substituents is 1. The topological polar surface area (TPSA) is 114 Å². The molecule has 1 saturated heterocycles. The Bertz CT molecular complexity index is 1160. The largest absolute Gasteiger partial charge is 0.508 e. The van der Waals surface area contributed by atoms with Gasteiger partial charge in [0.25, 0.3) is 5.91 Å². The van der Waals surface area contributed by atoms with E-state index < -0.39 is 5.91 Å². The molecular weight excluding hydrogens is 462 g/mol. The molecule has 0 bridgehead atoms. The Balaban J connectivity index is 1.65. The standard InChI is InChI=1S/C22H22BrN5O3/c1-28-8-6-14(7-9-28)26-21-18(23)16-10-15(11-24)31-20(16)19(27-21)22(30)25-12-13-4-2-3-5-17(13)29/h2-5,10,14,29H,6-9,12H2,1H3,(H,25,30)(H,26,27). The van der Waals surface area contributed by atoms with Crippen LogP contribution in [0.5, 0.6) is 5.75 Å². The smallest absolute Gasteiger partial charge is 0.274 e. The van der Waals surface area contributed by atoms with E-state index in [4.69, 9.17) is 4.42 Å². The molecule has 3 N–H and O–H groups in total. The molecule has 3 heterocycles. The molecule has 3 aromatic rings. The number of furan rings is 1. The van der Waals surface area contributed by atoms with Gasteiger partial charge in [0, 0.05) is 29.6 Å². The van der Waals surface area contributed by atoms with E-state index >= 15 is 0 Å². The Labute approximate surface area is 188 Å². The van der Waals surface area contributed by atoms with Gasteiger partial charge >= 0.3 is 0 Å². The zero-order valence-corrected chi connectivity index (χ0v) is 18.6. The summed E-state index contributed by atoms with van der Waals surface area (Å²) in [4.78, 5) is 19.8. The summed E-state index contributed by atoms with van der Waals surface area (Å²) in [5.74, 6) is 0.292. The zero-order chi connectivity index (χ0) is 22.0. The van der Waals surface area contributed by atoms with E-state index in [-0.39, 0.29) is 35.4 Å². The third-order valence-electron chi connectivity index (χ3n) is 5.43. The van der Waals surface area contributed by atoms with Gasteiger partial charge in [-0.05, 0) is 55.0 Å². The van der Waals surface area contributed by atoms with E-state index in [0.29, 0.717) is 21.2 Å². The first-order chi connectivity index (χ1) is 15.0. The minimum absolute atomic E-state index is 0.0885. The van der Waals surface area contributed by atoms with Crippen molar-refractivity contribution in [1.82, 2.24) is 15.2 Å². The minimum Gasteiger partial charge on any atom is -0.508 e. The summed E-state index contributed by atoms with van der Waals surface area (Å²) in [5, 5.41) is 26.0. The van der Waals surface area contributed by atoms with Crippen molar-refractivity contribution in [3.8, 4) is 11.8 Å². The first-order valence-corrected chi connectivity index (χ1v) is 10.8. The second-order valence-electron chi connectivity index (χ2n) is 7.62. The number of para-hydroxylation sites is 1. The highest BCUT2D eigenvalue weighted by Gasteiger charge is 2.24. The molecule has 4 rings (SSSR count). The van der Waals surface area contributed by atoms with Crippen molar-refractivity contribution < 1.29 is 14.3 Å². The molecule has 31 heavy (non-hydrogen) atoms. The highest BCUT2D eigenvalue weighted by atomic mass is 79.9. The van der Waals surface area contributed by atoms with Crippen molar-refractivity contribution in [2.24, 2.45) is 0 Å². The van der Waals surface area contributed by atoms with E-state index in [1.807, 2.05) is 6.07 Å². The maximum atomic E-state index is 13.0. The number of aromatic hydroxyl groups is 1. The van der Waals surface area contributed by atoms with Gasteiger partial charge in [0.15, 0.2) is 11.3 Å². The number of anilines is 1.